The third-order valence-electron chi connectivity index (χ3n) is 5.55. The molecule has 1 fully saturated rings. The zero-order chi connectivity index (χ0) is 22.3. The second kappa shape index (κ2) is 7.42. The Bertz CT molecular complexity index is 1120. The first kappa shape index (κ1) is 21.8. The summed E-state index contributed by atoms with van der Waals surface area (Å²) in [7, 11) is -3.76. The van der Waals surface area contributed by atoms with Crippen molar-refractivity contribution in [3.05, 3.63) is 59.4 Å². The topological polar surface area (TPSA) is 112 Å². The Hall–Kier alpha value is -2.88. The maximum atomic E-state index is 14.7. The van der Waals surface area contributed by atoms with E-state index in [0.29, 0.717) is 0 Å². The Balaban J connectivity index is 1.94. The predicted octanol–water partition coefficient (Wildman–Crippen LogP) is 2.99. The Morgan fingerprint density at radius 2 is 1.97 bits per heavy atom. The minimum Gasteiger partial charge on any atom is -0.362 e. The van der Waals surface area contributed by atoms with Crippen LogP contribution in [0.3, 0.4) is 0 Å². The standard InChI is InChI=1S/C20H22F2N4O3S/c1-4-20(3)18(23)26-19(2,11-30(20,28)29)14-9-13(6-7-15(14)22)25-17(27)16-8-5-12(21)10-24-16/h5-10H,4,11H2,1-3H3,(H2,23,26)(H,25,27)/t19-,20-/m0/s1. The van der Waals surface area contributed by atoms with Gasteiger partial charge in [0.15, 0.2) is 9.84 Å². The average Bonchev–Trinajstić information content (AvgIpc) is 2.67. The van der Waals surface area contributed by atoms with Crippen molar-refractivity contribution in [1.29, 1.82) is 5.41 Å². The minimum atomic E-state index is -3.76. The first-order chi connectivity index (χ1) is 13.9. The number of aromatic nitrogens is 1. The summed E-state index contributed by atoms with van der Waals surface area (Å²) < 4.78 is 52.1. The number of halogens is 2. The van der Waals surface area contributed by atoms with E-state index < -0.39 is 43.4 Å². The van der Waals surface area contributed by atoms with E-state index in [1.165, 1.54) is 32.0 Å². The van der Waals surface area contributed by atoms with Crippen LogP contribution in [-0.2, 0) is 15.4 Å². The summed E-state index contributed by atoms with van der Waals surface area (Å²) in [5.41, 5.74) is -1.23. The van der Waals surface area contributed by atoms with Crippen LogP contribution in [0.5, 0.6) is 0 Å². The highest BCUT2D eigenvalue weighted by atomic mass is 32.2. The zero-order valence-corrected chi connectivity index (χ0v) is 17.5. The van der Waals surface area contributed by atoms with Crippen molar-refractivity contribution in [1.82, 2.24) is 10.3 Å². The van der Waals surface area contributed by atoms with E-state index in [1.807, 2.05) is 0 Å². The van der Waals surface area contributed by atoms with Gasteiger partial charge in [-0.1, -0.05) is 6.92 Å². The van der Waals surface area contributed by atoms with Gasteiger partial charge < -0.3 is 10.6 Å². The molecule has 0 bridgehead atoms. The molecule has 2 heterocycles. The number of amides is 1. The van der Waals surface area contributed by atoms with Gasteiger partial charge in [-0.05, 0) is 50.6 Å². The predicted molar refractivity (Wildman–Crippen MR) is 109 cm³/mol. The fourth-order valence-corrected chi connectivity index (χ4v) is 5.52. The number of hydrogen-bond acceptors (Lipinski definition) is 5. The van der Waals surface area contributed by atoms with Crippen molar-refractivity contribution in [3.8, 4) is 0 Å². The second-order valence-electron chi connectivity index (χ2n) is 7.69. The largest absolute Gasteiger partial charge is 0.362 e. The van der Waals surface area contributed by atoms with Crippen LogP contribution in [0.15, 0.2) is 36.5 Å². The van der Waals surface area contributed by atoms with Gasteiger partial charge in [0.1, 0.15) is 27.9 Å². The molecule has 3 N–H and O–H groups in total. The summed E-state index contributed by atoms with van der Waals surface area (Å²) in [6, 6.07) is 6.05. The number of carbonyl (C=O) groups is 1. The summed E-state index contributed by atoms with van der Waals surface area (Å²) in [6.07, 6.45) is 1.11. The lowest BCUT2D eigenvalue weighted by molar-refractivity contribution is 0.102. The smallest absolute Gasteiger partial charge is 0.274 e. The molecule has 30 heavy (non-hydrogen) atoms. The van der Waals surface area contributed by atoms with E-state index in [9.17, 15) is 22.0 Å². The van der Waals surface area contributed by atoms with Crippen molar-refractivity contribution in [3.63, 3.8) is 0 Å². The summed E-state index contributed by atoms with van der Waals surface area (Å²) in [5, 5.41) is 13.7. The van der Waals surface area contributed by atoms with Crippen LogP contribution in [-0.4, -0.2) is 35.6 Å². The highest BCUT2D eigenvalue weighted by molar-refractivity contribution is 7.93. The molecule has 3 rings (SSSR count). The summed E-state index contributed by atoms with van der Waals surface area (Å²) >= 11 is 0. The molecule has 1 saturated heterocycles. The number of carbonyl (C=O) groups excluding carboxylic acids is 1. The number of rotatable bonds is 4. The van der Waals surface area contributed by atoms with Crippen molar-refractivity contribution in [2.24, 2.45) is 0 Å². The number of pyridine rings is 1. The van der Waals surface area contributed by atoms with Crippen LogP contribution < -0.4 is 10.6 Å². The first-order valence-corrected chi connectivity index (χ1v) is 10.9. The van der Waals surface area contributed by atoms with Gasteiger partial charge in [-0.2, -0.15) is 0 Å². The SMILES string of the molecule is CC[C@@]1(C)C(=N)N[C@](C)(c2cc(NC(=O)c3ccc(F)cn3)ccc2F)CS1(=O)=O. The molecule has 1 aliphatic heterocycles. The van der Waals surface area contributed by atoms with Crippen LogP contribution in [0.2, 0.25) is 0 Å². The van der Waals surface area contributed by atoms with Gasteiger partial charge >= 0.3 is 0 Å². The maximum Gasteiger partial charge on any atom is 0.274 e. The normalized spacial score (nSPS) is 25.4. The third-order valence-corrected chi connectivity index (χ3v) is 8.37. The molecular formula is C20H22F2N4O3S. The van der Waals surface area contributed by atoms with Gasteiger partial charge in [-0.3, -0.25) is 10.2 Å². The van der Waals surface area contributed by atoms with Crippen molar-refractivity contribution >= 4 is 27.3 Å². The van der Waals surface area contributed by atoms with Gasteiger partial charge in [0.05, 0.1) is 17.5 Å². The van der Waals surface area contributed by atoms with Crippen LogP contribution in [0, 0.1) is 17.0 Å². The number of anilines is 1. The quantitative estimate of drug-likeness (QED) is 0.682. The van der Waals surface area contributed by atoms with Gasteiger partial charge in [-0.15, -0.1) is 0 Å². The summed E-state index contributed by atoms with van der Waals surface area (Å²) in [4.78, 5) is 16.0. The molecule has 160 valence electrons. The lowest BCUT2D eigenvalue weighted by atomic mass is 9.91. The number of nitrogens with zero attached hydrogens (tertiary/aromatic N) is 1. The van der Waals surface area contributed by atoms with E-state index in [0.717, 1.165) is 18.3 Å². The highest BCUT2D eigenvalue weighted by Gasteiger charge is 2.52. The first-order valence-electron chi connectivity index (χ1n) is 9.24. The van der Waals surface area contributed by atoms with E-state index in [4.69, 9.17) is 5.41 Å². The molecule has 10 heteroatoms. The number of sulfone groups is 1. The average molecular weight is 436 g/mol. The fourth-order valence-electron chi connectivity index (χ4n) is 3.41. The zero-order valence-electron chi connectivity index (χ0n) is 16.7. The molecular weight excluding hydrogens is 414 g/mol. The van der Waals surface area contributed by atoms with E-state index in [-0.39, 0.29) is 29.2 Å². The third kappa shape index (κ3) is 3.67. The number of benzene rings is 1. The molecule has 0 saturated carbocycles. The van der Waals surface area contributed by atoms with Gasteiger partial charge in [0.25, 0.3) is 5.91 Å². The molecule has 1 aliphatic rings. The second-order valence-corrected chi connectivity index (χ2v) is 10.1. The van der Waals surface area contributed by atoms with Crippen molar-refractivity contribution in [2.45, 2.75) is 37.5 Å². The van der Waals surface area contributed by atoms with E-state index in [2.05, 4.69) is 15.6 Å². The highest BCUT2D eigenvalue weighted by Crippen LogP contribution is 2.37. The van der Waals surface area contributed by atoms with Crippen molar-refractivity contribution in [2.75, 3.05) is 11.1 Å². The molecule has 1 amide bonds. The molecule has 2 atom stereocenters. The molecule has 0 radical (unpaired) electrons. The Morgan fingerprint density at radius 3 is 2.53 bits per heavy atom. The van der Waals surface area contributed by atoms with E-state index in [1.54, 1.807) is 6.92 Å². The Morgan fingerprint density at radius 1 is 1.27 bits per heavy atom. The monoisotopic (exact) mass is 436 g/mol. The fraction of sp³-hybridized carbons (Fsp3) is 0.350. The van der Waals surface area contributed by atoms with Gasteiger partial charge in [-0.25, -0.2) is 22.2 Å². The van der Waals surface area contributed by atoms with Crippen LogP contribution in [0.4, 0.5) is 14.5 Å². The molecule has 0 spiro atoms. The molecule has 2 aromatic rings. The lowest BCUT2D eigenvalue weighted by Crippen LogP contribution is -2.64. The van der Waals surface area contributed by atoms with Gasteiger partial charge in [0.2, 0.25) is 0 Å². The summed E-state index contributed by atoms with van der Waals surface area (Å²) in [6.45, 7) is 4.65. The number of amidine groups is 1. The minimum absolute atomic E-state index is 0.00107. The molecule has 7 nitrogen and oxygen atoms in total. The Labute approximate surface area is 173 Å². The molecule has 0 aliphatic carbocycles. The van der Waals surface area contributed by atoms with Gasteiger partial charge in [0, 0.05) is 11.3 Å². The Kier molecular flexibility index (Phi) is 5.40. The maximum absolute atomic E-state index is 14.7. The molecule has 0 unspecified atom stereocenters. The molecule has 1 aromatic heterocycles. The van der Waals surface area contributed by atoms with Crippen LogP contribution in [0.25, 0.3) is 0 Å². The molecule has 1 aromatic carbocycles. The summed E-state index contributed by atoms with van der Waals surface area (Å²) in [5.74, 6) is -2.52. The van der Waals surface area contributed by atoms with Crippen LogP contribution >= 0.6 is 0 Å². The van der Waals surface area contributed by atoms with E-state index >= 15 is 0 Å². The number of nitrogens with one attached hydrogen (secondary N) is 3. The lowest BCUT2D eigenvalue weighted by Gasteiger charge is -2.44. The number of hydrogen-bond donors (Lipinski definition) is 3. The van der Waals surface area contributed by atoms with Crippen molar-refractivity contribution < 1.29 is 22.0 Å². The van der Waals surface area contributed by atoms with Crippen LogP contribution in [0.1, 0.15) is 43.2 Å².